The summed E-state index contributed by atoms with van der Waals surface area (Å²) in [6.45, 7) is 0. The monoisotopic (exact) mass is 368 g/mol. The molecule has 2 atom stereocenters. The number of carbonyl (C=O) groups excluding carboxylic acids is 1. The zero-order valence-corrected chi connectivity index (χ0v) is 14.4. The molecule has 2 unspecified atom stereocenters. The van der Waals surface area contributed by atoms with E-state index < -0.39 is 5.54 Å². The Balaban J connectivity index is 1.68. The van der Waals surface area contributed by atoms with E-state index in [4.69, 9.17) is 5.73 Å². The predicted octanol–water partition coefficient (Wildman–Crippen LogP) is 3.46. The van der Waals surface area contributed by atoms with Gasteiger partial charge in [-0.3, -0.25) is 4.79 Å². The lowest BCUT2D eigenvalue weighted by Gasteiger charge is -2.39. The maximum Gasteiger partial charge on any atom is 0.237 e. The number of halogens is 1. The molecule has 3 nitrogen and oxygen atoms in total. The van der Waals surface area contributed by atoms with Gasteiger partial charge in [-0.1, -0.05) is 15.9 Å². The highest BCUT2D eigenvalue weighted by atomic mass is 79.9. The molecule has 2 aliphatic carbocycles. The summed E-state index contributed by atoms with van der Waals surface area (Å²) in [6.07, 6.45) is 6.31. The number of hydrogen-bond donors (Lipinski definition) is 2. The Hall–Kier alpha value is -0.520. The summed E-state index contributed by atoms with van der Waals surface area (Å²) < 4.78 is 1.09. The molecule has 3 N–H and O–H groups in total. The van der Waals surface area contributed by atoms with E-state index in [1.165, 1.54) is 17.7 Å². The van der Waals surface area contributed by atoms with Gasteiger partial charge in [-0.05, 0) is 62.8 Å². The first-order chi connectivity index (χ1) is 10.1. The van der Waals surface area contributed by atoms with Crippen molar-refractivity contribution in [1.29, 1.82) is 0 Å². The van der Waals surface area contributed by atoms with Gasteiger partial charge in [-0.15, -0.1) is 11.8 Å². The molecule has 3 rings (SSSR count). The summed E-state index contributed by atoms with van der Waals surface area (Å²) in [4.78, 5) is 13.3. The van der Waals surface area contributed by atoms with E-state index in [0.717, 1.165) is 30.2 Å². The van der Waals surface area contributed by atoms with Crippen molar-refractivity contribution in [2.75, 3.05) is 0 Å². The predicted molar refractivity (Wildman–Crippen MR) is 90.3 cm³/mol. The van der Waals surface area contributed by atoms with Crippen LogP contribution < -0.4 is 11.1 Å². The van der Waals surface area contributed by atoms with E-state index in [9.17, 15) is 4.79 Å². The lowest BCUT2D eigenvalue weighted by Crippen LogP contribution is -2.59. The van der Waals surface area contributed by atoms with Crippen molar-refractivity contribution >= 4 is 33.6 Å². The quantitative estimate of drug-likeness (QED) is 0.836. The van der Waals surface area contributed by atoms with E-state index in [1.54, 1.807) is 0 Å². The second-order valence-corrected chi connectivity index (χ2v) is 8.44. The molecule has 0 saturated heterocycles. The molecule has 0 aliphatic heterocycles. The second-order valence-electron chi connectivity index (χ2n) is 6.16. The van der Waals surface area contributed by atoms with Crippen molar-refractivity contribution in [2.24, 2.45) is 5.73 Å². The van der Waals surface area contributed by atoms with E-state index >= 15 is 0 Å². The molecule has 5 heteroatoms. The van der Waals surface area contributed by atoms with Crippen molar-refractivity contribution in [1.82, 2.24) is 5.32 Å². The molecule has 114 valence electrons. The molecule has 0 aromatic heterocycles. The highest BCUT2D eigenvalue weighted by molar-refractivity contribution is 9.10. The summed E-state index contributed by atoms with van der Waals surface area (Å²) in [6, 6.07) is 8.89. The molecular weight excluding hydrogens is 348 g/mol. The van der Waals surface area contributed by atoms with Crippen molar-refractivity contribution in [3.63, 3.8) is 0 Å². The molecule has 0 heterocycles. The minimum Gasteiger partial charge on any atom is -0.368 e. The molecule has 1 aromatic carbocycles. The Labute approximate surface area is 138 Å². The first-order valence-electron chi connectivity index (χ1n) is 7.57. The van der Waals surface area contributed by atoms with Crippen molar-refractivity contribution in [3.05, 3.63) is 28.7 Å². The maximum absolute atomic E-state index is 12.0. The topological polar surface area (TPSA) is 55.1 Å². The zero-order valence-electron chi connectivity index (χ0n) is 12.0. The molecule has 2 saturated carbocycles. The van der Waals surface area contributed by atoms with Crippen LogP contribution in [-0.2, 0) is 4.79 Å². The van der Waals surface area contributed by atoms with Gasteiger partial charge in [-0.2, -0.15) is 0 Å². The Morgan fingerprint density at radius 3 is 2.62 bits per heavy atom. The van der Waals surface area contributed by atoms with E-state index in [1.807, 2.05) is 11.8 Å². The SMILES string of the molecule is NC(=O)C1(NC2CC2)CCCC(Sc2ccc(Br)cc2)C1. The standard InChI is InChI=1S/C16H21BrN2OS/c17-11-3-7-13(8-4-11)21-14-2-1-9-16(10-14,15(18)20)19-12-5-6-12/h3-4,7-8,12,14,19H,1-2,5-6,9-10H2,(H2,18,20). The summed E-state index contributed by atoms with van der Waals surface area (Å²) in [5.74, 6) is -0.171. The summed E-state index contributed by atoms with van der Waals surface area (Å²) in [5, 5.41) is 3.99. The van der Waals surface area contributed by atoms with Crippen LogP contribution in [-0.4, -0.2) is 22.7 Å². The van der Waals surface area contributed by atoms with Crippen molar-refractivity contribution in [2.45, 2.75) is 60.3 Å². The van der Waals surface area contributed by atoms with Crippen LogP contribution in [0, 0.1) is 0 Å². The van der Waals surface area contributed by atoms with E-state index in [-0.39, 0.29) is 5.91 Å². The number of rotatable bonds is 5. The van der Waals surface area contributed by atoms with Crippen LogP contribution >= 0.6 is 27.7 Å². The Kier molecular flexibility index (Phi) is 4.62. The molecule has 1 aromatic rings. The fourth-order valence-corrected chi connectivity index (χ4v) is 4.67. The van der Waals surface area contributed by atoms with Gasteiger partial charge in [0.05, 0.1) is 5.54 Å². The van der Waals surface area contributed by atoms with Gasteiger partial charge in [0, 0.05) is 20.7 Å². The minimum atomic E-state index is -0.480. The Morgan fingerprint density at radius 1 is 1.29 bits per heavy atom. The number of carbonyl (C=O) groups is 1. The molecular formula is C16H21BrN2OS. The van der Waals surface area contributed by atoms with E-state index in [0.29, 0.717) is 11.3 Å². The largest absolute Gasteiger partial charge is 0.368 e. The number of nitrogens with two attached hydrogens (primary N) is 1. The molecule has 0 bridgehead atoms. The van der Waals surface area contributed by atoms with Crippen LogP contribution in [0.1, 0.15) is 38.5 Å². The number of hydrogen-bond acceptors (Lipinski definition) is 3. The number of nitrogens with one attached hydrogen (secondary N) is 1. The van der Waals surface area contributed by atoms with Gasteiger partial charge in [0.2, 0.25) is 5.91 Å². The van der Waals surface area contributed by atoms with Crippen LogP contribution in [0.25, 0.3) is 0 Å². The third kappa shape index (κ3) is 3.82. The molecule has 0 radical (unpaired) electrons. The lowest BCUT2D eigenvalue weighted by atomic mass is 9.80. The van der Waals surface area contributed by atoms with Crippen molar-refractivity contribution in [3.8, 4) is 0 Å². The number of thioether (sulfide) groups is 1. The lowest BCUT2D eigenvalue weighted by molar-refractivity contribution is -0.125. The number of amides is 1. The van der Waals surface area contributed by atoms with Crippen LogP contribution in [0.2, 0.25) is 0 Å². The van der Waals surface area contributed by atoms with Crippen LogP contribution in [0.15, 0.2) is 33.6 Å². The molecule has 0 spiro atoms. The third-order valence-corrected chi connectivity index (χ3v) is 6.16. The normalized spacial score (nSPS) is 29.3. The maximum atomic E-state index is 12.0. The average Bonchev–Trinajstić information content (AvgIpc) is 3.25. The van der Waals surface area contributed by atoms with Gasteiger partial charge in [0.15, 0.2) is 0 Å². The molecule has 2 fully saturated rings. The molecule has 21 heavy (non-hydrogen) atoms. The van der Waals surface area contributed by atoms with E-state index in [2.05, 4.69) is 45.5 Å². The highest BCUT2D eigenvalue weighted by Crippen LogP contribution is 2.40. The number of primary amides is 1. The van der Waals surface area contributed by atoms with Gasteiger partial charge in [0.25, 0.3) is 0 Å². The zero-order chi connectivity index (χ0) is 14.9. The number of benzene rings is 1. The van der Waals surface area contributed by atoms with Gasteiger partial charge in [0.1, 0.15) is 0 Å². The Morgan fingerprint density at radius 2 is 2.00 bits per heavy atom. The second kappa shape index (κ2) is 6.31. The van der Waals surface area contributed by atoms with Crippen LogP contribution in [0.5, 0.6) is 0 Å². The Bertz CT molecular complexity index is 518. The van der Waals surface area contributed by atoms with Gasteiger partial charge in [-0.25, -0.2) is 0 Å². The molecule has 2 aliphatic rings. The average molecular weight is 369 g/mol. The van der Waals surface area contributed by atoms with Crippen molar-refractivity contribution < 1.29 is 4.79 Å². The highest BCUT2D eigenvalue weighted by Gasteiger charge is 2.44. The fraction of sp³-hybridized carbons (Fsp3) is 0.562. The van der Waals surface area contributed by atoms with Crippen LogP contribution in [0.3, 0.4) is 0 Å². The molecule has 1 amide bonds. The fourth-order valence-electron chi connectivity index (χ4n) is 3.07. The first kappa shape index (κ1) is 15.4. The third-order valence-electron chi connectivity index (χ3n) is 4.35. The van der Waals surface area contributed by atoms with Gasteiger partial charge < -0.3 is 11.1 Å². The summed E-state index contributed by atoms with van der Waals surface area (Å²) in [7, 11) is 0. The summed E-state index contributed by atoms with van der Waals surface area (Å²) >= 11 is 5.33. The summed E-state index contributed by atoms with van der Waals surface area (Å²) in [5.41, 5.74) is 5.26. The minimum absolute atomic E-state index is 0.171. The van der Waals surface area contributed by atoms with Gasteiger partial charge >= 0.3 is 0 Å². The van der Waals surface area contributed by atoms with Crippen LogP contribution in [0.4, 0.5) is 0 Å². The smallest absolute Gasteiger partial charge is 0.237 e. The first-order valence-corrected chi connectivity index (χ1v) is 9.24.